The fourth-order valence-electron chi connectivity index (χ4n) is 2.21. The molecule has 3 rings (SSSR count). The van der Waals surface area contributed by atoms with Gasteiger partial charge in [-0.1, -0.05) is 40.2 Å². The fourth-order valence-corrected chi connectivity index (χ4v) is 2.68. The van der Waals surface area contributed by atoms with Crippen LogP contribution in [0.15, 0.2) is 46.9 Å². The largest absolute Gasteiger partial charge is 0.340 e. The molecule has 0 aliphatic rings. The highest BCUT2D eigenvalue weighted by atomic mass is 79.9. The molecule has 1 aromatic heterocycles. The summed E-state index contributed by atoms with van der Waals surface area (Å²) in [4.78, 5) is 8.48. The van der Waals surface area contributed by atoms with E-state index in [1.54, 1.807) is 0 Å². The Kier molecular flexibility index (Phi) is 3.72. The number of nitrogens with one attached hydrogen (secondary N) is 2. The molecule has 0 amide bonds. The van der Waals surface area contributed by atoms with Gasteiger partial charge in [-0.3, -0.25) is 5.43 Å². The van der Waals surface area contributed by atoms with Crippen LogP contribution in [-0.2, 0) is 0 Å². The molecule has 0 radical (unpaired) electrons. The lowest BCUT2D eigenvalue weighted by Gasteiger charge is -2.11. The van der Waals surface area contributed by atoms with Crippen molar-refractivity contribution in [3.05, 3.63) is 52.6 Å². The van der Waals surface area contributed by atoms with Gasteiger partial charge in [0.25, 0.3) is 0 Å². The highest BCUT2D eigenvalue weighted by Gasteiger charge is 2.06. The number of anilines is 3. The van der Waals surface area contributed by atoms with Crippen molar-refractivity contribution in [3.8, 4) is 0 Å². The number of nitrogen functional groups attached to an aromatic ring is 1. The molecule has 0 saturated heterocycles. The van der Waals surface area contributed by atoms with Crippen molar-refractivity contribution in [2.75, 3.05) is 10.7 Å². The molecule has 4 N–H and O–H groups in total. The molecule has 0 aliphatic carbocycles. The second-order valence-electron chi connectivity index (χ2n) is 4.63. The summed E-state index contributed by atoms with van der Waals surface area (Å²) in [5, 5.41) is 5.58. The molecule has 6 heteroatoms. The summed E-state index contributed by atoms with van der Waals surface area (Å²) < 4.78 is 1.06. The van der Waals surface area contributed by atoms with Gasteiger partial charge in [-0.15, -0.1) is 0 Å². The maximum atomic E-state index is 5.38. The first-order valence-corrected chi connectivity index (χ1v) is 7.23. The number of aryl methyl sites for hydroxylation is 1. The first kappa shape index (κ1) is 13.8. The van der Waals surface area contributed by atoms with E-state index in [0.717, 1.165) is 26.6 Å². The van der Waals surface area contributed by atoms with Crippen LogP contribution >= 0.6 is 15.9 Å². The minimum absolute atomic E-state index is 0.388. The van der Waals surface area contributed by atoms with Gasteiger partial charge < -0.3 is 5.32 Å². The molecule has 0 unspecified atom stereocenters. The van der Waals surface area contributed by atoms with Gasteiger partial charge in [-0.2, -0.15) is 4.98 Å². The molecule has 0 saturated carbocycles. The van der Waals surface area contributed by atoms with Crippen molar-refractivity contribution in [3.63, 3.8) is 0 Å². The summed E-state index contributed by atoms with van der Waals surface area (Å²) in [6.07, 6.45) is 0. The molecule has 21 heavy (non-hydrogen) atoms. The summed E-state index contributed by atoms with van der Waals surface area (Å²) in [5.41, 5.74) is 4.29. The van der Waals surface area contributed by atoms with Crippen LogP contribution in [0.2, 0.25) is 0 Å². The zero-order valence-electron chi connectivity index (χ0n) is 11.4. The Morgan fingerprint density at radius 2 is 1.81 bits per heavy atom. The highest BCUT2D eigenvalue weighted by molar-refractivity contribution is 9.10. The van der Waals surface area contributed by atoms with E-state index < -0.39 is 0 Å². The van der Waals surface area contributed by atoms with E-state index in [1.165, 1.54) is 0 Å². The summed E-state index contributed by atoms with van der Waals surface area (Å²) in [6, 6.07) is 14.1. The monoisotopic (exact) mass is 343 g/mol. The van der Waals surface area contributed by atoms with E-state index in [4.69, 9.17) is 5.84 Å². The quantitative estimate of drug-likeness (QED) is 0.499. The smallest absolute Gasteiger partial charge is 0.239 e. The van der Waals surface area contributed by atoms with Crippen molar-refractivity contribution in [2.45, 2.75) is 6.92 Å². The van der Waals surface area contributed by atoms with Crippen molar-refractivity contribution < 1.29 is 0 Å². The maximum Gasteiger partial charge on any atom is 0.239 e. The van der Waals surface area contributed by atoms with E-state index in [0.29, 0.717) is 11.8 Å². The number of nitrogens with zero attached hydrogens (tertiary/aromatic N) is 2. The van der Waals surface area contributed by atoms with Gasteiger partial charge >= 0.3 is 0 Å². The topological polar surface area (TPSA) is 75.9 Å². The number of halogens is 1. The van der Waals surface area contributed by atoms with Crippen LogP contribution in [0.25, 0.3) is 10.8 Å². The number of benzene rings is 2. The van der Waals surface area contributed by atoms with E-state index in [9.17, 15) is 0 Å². The summed E-state index contributed by atoms with van der Waals surface area (Å²) in [5.74, 6) is 6.47. The lowest BCUT2D eigenvalue weighted by molar-refractivity contribution is 1.07. The van der Waals surface area contributed by atoms with Crippen LogP contribution in [-0.4, -0.2) is 9.97 Å². The number of rotatable bonds is 3. The predicted molar refractivity (Wildman–Crippen MR) is 89.5 cm³/mol. The Balaban J connectivity index is 2.06. The summed E-state index contributed by atoms with van der Waals surface area (Å²) in [6.45, 7) is 1.90. The molecule has 106 valence electrons. The van der Waals surface area contributed by atoms with E-state index in [1.807, 2.05) is 37.3 Å². The number of fused-ring (bicyclic) bond motifs is 1. The van der Waals surface area contributed by atoms with E-state index in [2.05, 4.69) is 48.8 Å². The van der Waals surface area contributed by atoms with Crippen LogP contribution in [0, 0.1) is 6.92 Å². The normalized spacial score (nSPS) is 10.6. The zero-order valence-corrected chi connectivity index (χ0v) is 13.0. The predicted octanol–water partition coefficient (Wildman–Crippen LogP) is 3.73. The van der Waals surface area contributed by atoms with Gasteiger partial charge in [0.2, 0.25) is 5.95 Å². The SMILES string of the molecule is Cc1cc(Nc2ccc(Br)c3ccccc23)nc(NN)n1. The third-order valence-corrected chi connectivity index (χ3v) is 3.81. The van der Waals surface area contributed by atoms with Crippen LogP contribution in [0.3, 0.4) is 0 Å². The molecule has 5 nitrogen and oxygen atoms in total. The lowest BCUT2D eigenvalue weighted by atomic mass is 10.1. The molecule has 3 aromatic rings. The van der Waals surface area contributed by atoms with Crippen LogP contribution < -0.4 is 16.6 Å². The Bertz CT molecular complexity index is 803. The second-order valence-corrected chi connectivity index (χ2v) is 5.48. The minimum Gasteiger partial charge on any atom is -0.340 e. The summed E-state index contributed by atoms with van der Waals surface area (Å²) >= 11 is 3.57. The maximum absolute atomic E-state index is 5.38. The van der Waals surface area contributed by atoms with Crippen LogP contribution in [0.5, 0.6) is 0 Å². The van der Waals surface area contributed by atoms with Gasteiger partial charge in [-0.05, 0) is 24.4 Å². The molecule has 0 bridgehead atoms. The van der Waals surface area contributed by atoms with Gasteiger partial charge in [0.1, 0.15) is 5.82 Å². The fraction of sp³-hybridized carbons (Fsp3) is 0.0667. The highest BCUT2D eigenvalue weighted by Crippen LogP contribution is 2.31. The van der Waals surface area contributed by atoms with Crippen molar-refractivity contribution >= 4 is 44.2 Å². The number of nitrogens with two attached hydrogens (primary N) is 1. The molecule has 0 atom stereocenters. The Morgan fingerprint density at radius 1 is 1.05 bits per heavy atom. The van der Waals surface area contributed by atoms with Gasteiger partial charge in [0, 0.05) is 27.3 Å². The zero-order chi connectivity index (χ0) is 14.8. The second kappa shape index (κ2) is 5.67. The Hall–Kier alpha value is -2.18. The number of hydrogen-bond acceptors (Lipinski definition) is 5. The third kappa shape index (κ3) is 2.81. The molecule has 1 heterocycles. The average Bonchev–Trinajstić information content (AvgIpc) is 2.50. The average molecular weight is 344 g/mol. The standard InChI is InChI=1S/C15H14BrN5/c1-9-8-14(20-15(18-9)21-17)19-13-7-6-12(16)10-4-2-3-5-11(10)13/h2-8H,17H2,1H3,(H2,18,19,20,21). The van der Waals surface area contributed by atoms with E-state index in [-0.39, 0.29) is 0 Å². The molecule has 0 spiro atoms. The summed E-state index contributed by atoms with van der Waals surface area (Å²) in [7, 11) is 0. The lowest BCUT2D eigenvalue weighted by Crippen LogP contribution is -2.11. The third-order valence-electron chi connectivity index (χ3n) is 3.12. The van der Waals surface area contributed by atoms with Crippen LogP contribution in [0.4, 0.5) is 17.5 Å². The van der Waals surface area contributed by atoms with E-state index >= 15 is 0 Å². The molecule has 0 fully saturated rings. The first-order valence-electron chi connectivity index (χ1n) is 6.44. The van der Waals surface area contributed by atoms with Crippen molar-refractivity contribution in [1.29, 1.82) is 0 Å². The van der Waals surface area contributed by atoms with Crippen molar-refractivity contribution in [2.24, 2.45) is 5.84 Å². The van der Waals surface area contributed by atoms with Gasteiger partial charge in [0.05, 0.1) is 0 Å². The first-order chi connectivity index (χ1) is 10.2. The van der Waals surface area contributed by atoms with Gasteiger partial charge in [0.15, 0.2) is 0 Å². The van der Waals surface area contributed by atoms with Crippen molar-refractivity contribution in [1.82, 2.24) is 9.97 Å². The number of hydrazine groups is 1. The minimum atomic E-state index is 0.388. The number of aromatic nitrogens is 2. The molecule has 0 aliphatic heterocycles. The Morgan fingerprint density at radius 3 is 2.57 bits per heavy atom. The van der Waals surface area contributed by atoms with Crippen LogP contribution in [0.1, 0.15) is 5.69 Å². The number of hydrogen-bond donors (Lipinski definition) is 3. The van der Waals surface area contributed by atoms with Gasteiger partial charge in [-0.25, -0.2) is 10.8 Å². The molecular weight excluding hydrogens is 330 g/mol. The molecule has 2 aromatic carbocycles. The Labute approximate surface area is 130 Å². The molecular formula is C15H14BrN5.